The van der Waals surface area contributed by atoms with Crippen molar-refractivity contribution in [3.05, 3.63) is 52.1 Å². The van der Waals surface area contributed by atoms with Crippen molar-refractivity contribution >= 4 is 23.5 Å². The lowest BCUT2D eigenvalue weighted by Gasteiger charge is -2.27. The molecule has 0 aliphatic heterocycles. The van der Waals surface area contributed by atoms with Crippen molar-refractivity contribution in [3.8, 4) is 11.8 Å². The number of nitrogens with zero attached hydrogens (tertiary/aromatic N) is 2. The van der Waals surface area contributed by atoms with E-state index in [0.29, 0.717) is 30.4 Å². The van der Waals surface area contributed by atoms with Gasteiger partial charge in [0.25, 0.3) is 5.91 Å². The fraction of sp³-hybridized carbons (Fsp3) is 0.519. The Kier molecular flexibility index (Phi) is 8.98. The number of carbonyl (C=O) groups excluding carboxylic acids is 2. The molecule has 0 spiro atoms. The zero-order valence-corrected chi connectivity index (χ0v) is 21.9. The number of aromatic nitrogens is 2. The fourth-order valence-corrected chi connectivity index (χ4v) is 4.34. The molecule has 0 bridgehead atoms. The second kappa shape index (κ2) is 11.7. The number of ether oxygens (including phenoxy) is 2. The molecule has 2 aromatic rings. The summed E-state index contributed by atoms with van der Waals surface area (Å²) in [6, 6.07) is 8.05. The Morgan fingerprint density at radius 2 is 1.83 bits per heavy atom. The van der Waals surface area contributed by atoms with Crippen LogP contribution in [0, 0.1) is 30.6 Å². The fourth-order valence-electron chi connectivity index (χ4n) is 4.11. The lowest BCUT2D eigenvalue weighted by Crippen LogP contribution is -2.34. The van der Waals surface area contributed by atoms with E-state index >= 15 is 0 Å². The first-order valence-corrected chi connectivity index (χ1v) is 12.3. The Balaban J connectivity index is 1.81. The zero-order valence-electron chi connectivity index (χ0n) is 21.1. The molecule has 1 aliphatic carbocycles. The summed E-state index contributed by atoms with van der Waals surface area (Å²) in [5.41, 5.74) is 2.11. The van der Waals surface area contributed by atoms with E-state index in [9.17, 15) is 9.59 Å². The molecule has 0 saturated heterocycles. The number of nitrogens with one attached hydrogen (secondary N) is 1. The lowest BCUT2D eigenvalue weighted by molar-refractivity contribution is -0.146. The average molecular weight is 500 g/mol. The molecule has 1 N–H and O–H groups in total. The van der Waals surface area contributed by atoms with Gasteiger partial charge in [-0.2, -0.15) is 0 Å². The molecule has 0 radical (unpaired) electrons. The number of esters is 1. The van der Waals surface area contributed by atoms with Crippen LogP contribution in [0.2, 0.25) is 5.28 Å². The molecule has 3 rings (SSSR count). The van der Waals surface area contributed by atoms with Gasteiger partial charge in [-0.05, 0) is 75.5 Å². The van der Waals surface area contributed by atoms with Crippen LogP contribution >= 0.6 is 11.6 Å². The summed E-state index contributed by atoms with van der Waals surface area (Å²) < 4.78 is 12.0. The van der Waals surface area contributed by atoms with Gasteiger partial charge >= 0.3 is 5.97 Å². The third-order valence-corrected chi connectivity index (χ3v) is 6.81. The number of imidazole rings is 1. The largest absolute Gasteiger partial charge is 0.469 e. The van der Waals surface area contributed by atoms with Gasteiger partial charge in [0.05, 0.1) is 19.6 Å². The SMILES string of the molecule is COC(=O)[C@H]1CC[C@H](CNC(=O)c2c(C#CC(C)(C)OC)nc(Cl)n2Cc2ccc(C)cc2)CC1. The van der Waals surface area contributed by atoms with Crippen molar-refractivity contribution in [2.24, 2.45) is 11.8 Å². The molecule has 1 aromatic heterocycles. The Morgan fingerprint density at radius 3 is 2.43 bits per heavy atom. The van der Waals surface area contributed by atoms with E-state index in [2.05, 4.69) is 22.1 Å². The molecular weight excluding hydrogens is 466 g/mol. The van der Waals surface area contributed by atoms with E-state index in [4.69, 9.17) is 21.1 Å². The highest BCUT2D eigenvalue weighted by molar-refractivity contribution is 6.29. The van der Waals surface area contributed by atoms with Crippen molar-refractivity contribution in [2.75, 3.05) is 20.8 Å². The van der Waals surface area contributed by atoms with E-state index in [1.165, 1.54) is 7.11 Å². The molecule has 8 heteroatoms. The first-order valence-electron chi connectivity index (χ1n) is 11.9. The van der Waals surface area contributed by atoms with Crippen LogP contribution in [0.1, 0.15) is 66.8 Å². The van der Waals surface area contributed by atoms with Crippen LogP contribution in [0.4, 0.5) is 0 Å². The number of hydrogen-bond acceptors (Lipinski definition) is 5. The lowest BCUT2D eigenvalue weighted by atomic mass is 9.82. The van der Waals surface area contributed by atoms with Crippen molar-refractivity contribution in [1.82, 2.24) is 14.9 Å². The van der Waals surface area contributed by atoms with Crippen molar-refractivity contribution in [1.29, 1.82) is 0 Å². The number of rotatable bonds is 7. The minimum absolute atomic E-state index is 0.0484. The first kappa shape index (κ1) is 26.8. The summed E-state index contributed by atoms with van der Waals surface area (Å²) in [5, 5.41) is 3.26. The van der Waals surface area contributed by atoms with E-state index in [1.54, 1.807) is 11.7 Å². The molecule has 35 heavy (non-hydrogen) atoms. The summed E-state index contributed by atoms with van der Waals surface area (Å²) >= 11 is 6.50. The number of aryl methyl sites for hydroxylation is 1. The average Bonchev–Trinajstić information content (AvgIpc) is 3.17. The number of halogens is 1. The van der Waals surface area contributed by atoms with E-state index < -0.39 is 5.60 Å². The van der Waals surface area contributed by atoms with Crippen LogP contribution < -0.4 is 5.32 Å². The highest BCUT2D eigenvalue weighted by Gasteiger charge is 2.28. The molecule has 1 aliphatic rings. The zero-order chi connectivity index (χ0) is 25.6. The van der Waals surface area contributed by atoms with Gasteiger partial charge in [-0.3, -0.25) is 9.59 Å². The standard InChI is InChI=1S/C27H34ClN3O4/c1-18-6-8-20(9-7-18)17-31-23(22(30-26(31)28)14-15-27(2,3)35-5)24(32)29-16-19-10-12-21(13-11-19)25(33)34-4/h6-9,19,21H,10-13,16-17H2,1-5H3,(H,29,32)/t19-,21-. The minimum atomic E-state index is -0.695. The molecule has 1 saturated carbocycles. The van der Waals surface area contributed by atoms with Gasteiger partial charge in [0.1, 0.15) is 17.0 Å². The van der Waals surface area contributed by atoms with Gasteiger partial charge in [0.2, 0.25) is 5.28 Å². The molecule has 1 fully saturated rings. The van der Waals surface area contributed by atoms with Crippen molar-refractivity contribution in [3.63, 3.8) is 0 Å². The summed E-state index contributed by atoms with van der Waals surface area (Å²) in [7, 11) is 3.01. The maximum atomic E-state index is 13.4. The second-order valence-electron chi connectivity index (χ2n) is 9.57. The topological polar surface area (TPSA) is 82.4 Å². The van der Waals surface area contributed by atoms with Crippen LogP contribution in [-0.2, 0) is 20.8 Å². The third kappa shape index (κ3) is 7.09. The van der Waals surface area contributed by atoms with E-state index in [1.807, 2.05) is 45.0 Å². The Labute approximate surface area is 212 Å². The number of benzene rings is 1. The number of hydrogen-bond donors (Lipinski definition) is 1. The van der Waals surface area contributed by atoms with Gasteiger partial charge in [0, 0.05) is 13.7 Å². The molecule has 188 valence electrons. The van der Waals surface area contributed by atoms with Crippen molar-refractivity contribution < 1.29 is 19.1 Å². The van der Waals surface area contributed by atoms with Crippen molar-refractivity contribution in [2.45, 2.75) is 58.6 Å². The van der Waals surface area contributed by atoms with Gasteiger partial charge in [-0.25, -0.2) is 4.98 Å². The van der Waals surface area contributed by atoms with Crippen LogP contribution in [-0.4, -0.2) is 47.8 Å². The number of methoxy groups -OCH3 is 2. The Hall–Kier alpha value is -2.82. The van der Waals surface area contributed by atoms with Gasteiger partial charge < -0.3 is 19.4 Å². The molecule has 1 amide bonds. The maximum Gasteiger partial charge on any atom is 0.308 e. The quantitative estimate of drug-likeness (QED) is 0.451. The summed E-state index contributed by atoms with van der Waals surface area (Å²) in [5.74, 6) is 5.86. The molecule has 1 aromatic carbocycles. The van der Waals surface area contributed by atoms with Crippen LogP contribution in [0.5, 0.6) is 0 Å². The van der Waals surface area contributed by atoms with Crippen LogP contribution in [0.15, 0.2) is 24.3 Å². The molecule has 1 heterocycles. The first-order chi connectivity index (χ1) is 16.6. The van der Waals surface area contributed by atoms with E-state index in [-0.39, 0.29) is 23.1 Å². The van der Waals surface area contributed by atoms with Crippen LogP contribution in [0.3, 0.4) is 0 Å². The maximum absolute atomic E-state index is 13.4. The molecule has 0 unspecified atom stereocenters. The summed E-state index contributed by atoms with van der Waals surface area (Å²) in [6.45, 7) is 6.62. The highest BCUT2D eigenvalue weighted by Crippen LogP contribution is 2.29. The molecule has 7 nitrogen and oxygen atoms in total. The molecular formula is C27H34ClN3O4. The minimum Gasteiger partial charge on any atom is -0.469 e. The normalized spacial score (nSPS) is 17.9. The second-order valence-corrected chi connectivity index (χ2v) is 9.90. The smallest absolute Gasteiger partial charge is 0.308 e. The number of carbonyl (C=O) groups is 2. The Morgan fingerprint density at radius 1 is 1.17 bits per heavy atom. The van der Waals surface area contributed by atoms with Gasteiger partial charge in [0.15, 0.2) is 0 Å². The highest BCUT2D eigenvalue weighted by atomic mass is 35.5. The van der Waals surface area contributed by atoms with Gasteiger partial charge in [-0.1, -0.05) is 35.7 Å². The number of amides is 1. The predicted octanol–water partition coefficient (Wildman–Crippen LogP) is 4.38. The van der Waals surface area contributed by atoms with Gasteiger partial charge in [-0.15, -0.1) is 0 Å². The molecule has 0 atom stereocenters. The van der Waals surface area contributed by atoms with E-state index in [0.717, 1.165) is 36.8 Å². The summed E-state index contributed by atoms with van der Waals surface area (Å²) in [6.07, 6.45) is 3.26. The summed E-state index contributed by atoms with van der Waals surface area (Å²) in [4.78, 5) is 29.6. The Bertz CT molecular complexity index is 1100. The third-order valence-electron chi connectivity index (χ3n) is 6.52. The van der Waals surface area contributed by atoms with Crippen LogP contribution in [0.25, 0.3) is 0 Å². The predicted molar refractivity (Wildman–Crippen MR) is 135 cm³/mol. The monoisotopic (exact) mass is 499 g/mol.